The average molecular weight is 560 g/mol. The Hall–Kier alpha value is -1.44. The maximum absolute atomic E-state index is 13.0. The van der Waals surface area contributed by atoms with E-state index in [2.05, 4.69) is 10.0 Å². The Morgan fingerprint density at radius 3 is 1.97 bits per heavy atom. The van der Waals surface area contributed by atoms with Crippen LogP contribution in [0.1, 0.15) is 29.5 Å². The van der Waals surface area contributed by atoms with Gasteiger partial charge in [-0.15, -0.1) is 0 Å². The lowest BCUT2D eigenvalue weighted by Gasteiger charge is -2.33. The summed E-state index contributed by atoms with van der Waals surface area (Å²) in [5.41, 5.74) is -3.53. The van der Waals surface area contributed by atoms with Crippen molar-refractivity contribution in [3.8, 4) is 0 Å². The zero-order valence-electron chi connectivity index (χ0n) is 18.2. The van der Waals surface area contributed by atoms with E-state index in [0.29, 0.717) is 44.6 Å². The van der Waals surface area contributed by atoms with Crippen molar-refractivity contribution >= 4 is 24.0 Å². The SMILES string of the molecule is N=C(NCC1CCN(CCN[SH](=O)(P)CC(F)(F)F)CC1)c1cc(C(F)(F)F)cc(C(F)(F)F)c1. The number of piperidine rings is 1. The molecular weight excluding hydrogens is 534 g/mol. The molecule has 1 saturated heterocycles. The summed E-state index contributed by atoms with van der Waals surface area (Å²) in [6.45, 7) is 1.69. The topological polar surface area (TPSA) is 68.2 Å². The van der Waals surface area contributed by atoms with E-state index in [1.165, 1.54) is 0 Å². The Morgan fingerprint density at radius 2 is 1.51 bits per heavy atom. The molecule has 1 aliphatic rings. The third-order valence-electron chi connectivity index (χ3n) is 5.37. The molecule has 202 valence electrons. The standard InChI is InChI=1S/C19H26F9N4OPS/c20-17(21,22)11-35(33,34)31-3-6-32-4-1-12(2-5-32)10-30-16(29)13-7-14(18(23,24)25)9-15(8-13)19(26,27)28/h7-9,12,35H,1-6,10-11,34H2,(H2,29,30)(H,31,33). The van der Waals surface area contributed by atoms with E-state index in [1.54, 1.807) is 8.44 Å². The molecule has 1 heterocycles. The Kier molecular flexibility index (Phi) is 9.62. The van der Waals surface area contributed by atoms with Gasteiger partial charge in [-0.3, -0.25) is 14.3 Å². The number of nitrogens with one attached hydrogen (secondary N) is 3. The first kappa shape index (κ1) is 29.8. The van der Waals surface area contributed by atoms with Gasteiger partial charge in [0.15, 0.2) is 0 Å². The maximum Gasteiger partial charge on any atom is 0.416 e. The van der Waals surface area contributed by atoms with Crippen LogP contribution in [-0.2, 0) is 22.1 Å². The van der Waals surface area contributed by atoms with Gasteiger partial charge in [0, 0.05) is 25.2 Å². The Bertz CT molecular complexity index is 896. The molecule has 16 heteroatoms. The van der Waals surface area contributed by atoms with E-state index in [4.69, 9.17) is 5.41 Å². The zero-order chi connectivity index (χ0) is 26.7. The van der Waals surface area contributed by atoms with Crippen molar-refractivity contribution in [1.82, 2.24) is 14.9 Å². The fraction of sp³-hybridized carbons (Fsp3) is 0.632. The Morgan fingerprint density at radius 1 is 1.00 bits per heavy atom. The largest absolute Gasteiger partial charge is 0.416 e. The number of hydrogen-bond donors (Lipinski definition) is 4. The van der Waals surface area contributed by atoms with Crippen LogP contribution in [0.2, 0.25) is 0 Å². The van der Waals surface area contributed by atoms with E-state index < -0.39 is 56.5 Å². The van der Waals surface area contributed by atoms with E-state index in [0.717, 1.165) is 0 Å². The highest BCUT2D eigenvalue weighted by Crippen LogP contribution is 2.36. The first-order valence-electron chi connectivity index (χ1n) is 10.4. The number of halogens is 9. The van der Waals surface area contributed by atoms with Crippen LogP contribution in [-0.4, -0.2) is 59.6 Å². The van der Waals surface area contributed by atoms with Gasteiger partial charge in [-0.1, -0.05) is 8.44 Å². The third kappa shape index (κ3) is 10.2. The van der Waals surface area contributed by atoms with Crippen LogP contribution in [0.5, 0.6) is 0 Å². The van der Waals surface area contributed by atoms with Crippen LogP contribution in [0.25, 0.3) is 0 Å². The zero-order valence-corrected chi connectivity index (χ0v) is 20.3. The van der Waals surface area contributed by atoms with Crippen molar-refractivity contribution < 1.29 is 43.7 Å². The van der Waals surface area contributed by atoms with Gasteiger partial charge >= 0.3 is 18.5 Å². The first-order valence-corrected chi connectivity index (χ1v) is 13.9. The van der Waals surface area contributed by atoms with Gasteiger partial charge in [0.1, 0.15) is 11.6 Å². The lowest BCUT2D eigenvalue weighted by molar-refractivity contribution is -0.143. The number of thiol groups is 1. The third-order valence-corrected chi connectivity index (χ3v) is 8.06. The quantitative estimate of drug-likeness (QED) is 0.127. The van der Waals surface area contributed by atoms with Crippen molar-refractivity contribution in [2.75, 3.05) is 38.5 Å². The second-order valence-corrected chi connectivity index (χ2v) is 13.0. The fourth-order valence-corrected chi connectivity index (χ4v) is 5.71. The lowest BCUT2D eigenvalue weighted by Crippen LogP contribution is -2.43. The van der Waals surface area contributed by atoms with Gasteiger partial charge in [-0.2, -0.15) is 39.5 Å². The predicted octanol–water partition coefficient (Wildman–Crippen LogP) is 4.22. The summed E-state index contributed by atoms with van der Waals surface area (Å²) in [4.78, 5) is 1.94. The molecule has 1 unspecified atom stereocenters. The minimum absolute atomic E-state index is 0.000592. The second kappa shape index (κ2) is 11.3. The minimum atomic E-state index is -5.01. The molecule has 0 bridgehead atoms. The molecule has 2 rings (SSSR count). The number of amidine groups is 1. The van der Waals surface area contributed by atoms with E-state index in [1.807, 2.05) is 4.90 Å². The maximum atomic E-state index is 13.0. The van der Waals surface area contributed by atoms with Crippen LogP contribution in [0.3, 0.4) is 0 Å². The smallest absolute Gasteiger partial charge is 0.370 e. The number of nitrogens with zero attached hydrogens (tertiary/aromatic N) is 1. The van der Waals surface area contributed by atoms with Crippen LogP contribution >= 0.6 is 8.44 Å². The molecule has 0 amide bonds. The molecule has 1 atom stereocenters. The monoisotopic (exact) mass is 560 g/mol. The molecular formula is C19H26F9N4OPS. The van der Waals surface area contributed by atoms with Crippen LogP contribution < -0.4 is 10.0 Å². The Labute approximate surface area is 199 Å². The van der Waals surface area contributed by atoms with Crippen molar-refractivity contribution in [3.63, 3.8) is 0 Å². The summed E-state index contributed by atoms with van der Waals surface area (Å²) in [7, 11) is -1.91. The average Bonchev–Trinajstić information content (AvgIpc) is 2.69. The molecule has 0 radical (unpaired) electrons. The van der Waals surface area contributed by atoms with Gasteiger partial charge in [0.25, 0.3) is 0 Å². The summed E-state index contributed by atoms with van der Waals surface area (Å²) < 4.78 is 130. The molecule has 0 saturated carbocycles. The molecule has 3 N–H and O–H groups in total. The van der Waals surface area contributed by atoms with Gasteiger partial charge in [0.2, 0.25) is 0 Å². The molecule has 35 heavy (non-hydrogen) atoms. The number of benzene rings is 1. The van der Waals surface area contributed by atoms with Gasteiger partial charge < -0.3 is 10.2 Å². The summed E-state index contributed by atoms with van der Waals surface area (Å²) >= 11 is 0. The summed E-state index contributed by atoms with van der Waals surface area (Å²) in [6.07, 6.45) is -13.4. The summed E-state index contributed by atoms with van der Waals surface area (Å²) in [5, 5.41) is 10.5. The molecule has 1 aliphatic heterocycles. The second-order valence-electron chi connectivity index (χ2n) is 8.31. The normalized spacial score (nSPS) is 17.4. The minimum Gasteiger partial charge on any atom is -0.370 e. The highest BCUT2D eigenvalue weighted by atomic mass is 32.8. The number of rotatable bonds is 8. The van der Waals surface area contributed by atoms with Crippen LogP contribution in [0, 0.1) is 11.3 Å². The molecule has 1 fully saturated rings. The molecule has 1 aromatic rings. The van der Waals surface area contributed by atoms with Crippen LogP contribution in [0.15, 0.2) is 18.2 Å². The van der Waals surface area contributed by atoms with E-state index in [9.17, 15) is 43.7 Å². The first-order chi connectivity index (χ1) is 15.9. The van der Waals surface area contributed by atoms with Crippen molar-refractivity contribution in [2.24, 2.45) is 5.92 Å². The van der Waals surface area contributed by atoms with E-state index in [-0.39, 0.29) is 25.1 Å². The fourth-order valence-electron chi connectivity index (χ4n) is 3.58. The highest BCUT2D eigenvalue weighted by Gasteiger charge is 2.37. The number of hydrogen-bond acceptors (Lipinski definition) is 3. The number of likely N-dealkylation sites (tertiary alicyclic amines) is 1. The predicted molar refractivity (Wildman–Crippen MR) is 119 cm³/mol. The van der Waals surface area contributed by atoms with Crippen molar-refractivity contribution in [3.05, 3.63) is 34.9 Å². The molecule has 0 spiro atoms. The van der Waals surface area contributed by atoms with Gasteiger partial charge in [-0.25, -0.2) is 0 Å². The molecule has 0 aliphatic carbocycles. The van der Waals surface area contributed by atoms with Crippen LogP contribution in [0.4, 0.5) is 39.5 Å². The number of alkyl halides is 9. The summed E-state index contributed by atoms with van der Waals surface area (Å²) in [6, 6.07) is 0.980. The molecule has 0 aromatic heterocycles. The van der Waals surface area contributed by atoms with Gasteiger partial charge in [0.05, 0.1) is 11.1 Å². The lowest BCUT2D eigenvalue weighted by atomic mass is 9.96. The van der Waals surface area contributed by atoms with Crippen molar-refractivity contribution in [1.29, 1.82) is 5.41 Å². The highest BCUT2D eigenvalue weighted by molar-refractivity contribution is 8.44. The van der Waals surface area contributed by atoms with Crippen molar-refractivity contribution in [2.45, 2.75) is 31.4 Å². The summed E-state index contributed by atoms with van der Waals surface area (Å²) in [5.74, 6) is -2.00. The molecule has 5 nitrogen and oxygen atoms in total. The molecule has 1 aromatic carbocycles. The van der Waals surface area contributed by atoms with E-state index >= 15 is 0 Å². The van der Waals surface area contributed by atoms with Gasteiger partial charge in [-0.05, 0) is 59.8 Å². The Balaban J connectivity index is 1.84.